The van der Waals surface area contributed by atoms with E-state index in [0.717, 1.165) is 17.1 Å². The number of carbonyl (C=O) groups excluding carboxylic acids is 2. The average Bonchev–Trinajstić information content (AvgIpc) is 2.69. The number of benzene rings is 2. The maximum absolute atomic E-state index is 12.5. The molecular weight excluding hydrogens is 356 g/mol. The summed E-state index contributed by atoms with van der Waals surface area (Å²) in [6.07, 6.45) is 1.57. The second-order valence-electron chi connectivity index (χ2n) is 6.00. The summed E-state index contributed by atoms with van der Waals surface area (Å²) in [4.78, 5) is 27.7. The largest absolute Gasteiger partial charge is 0.497 e. The number of nitrogens with one attached hydrogen (secondary N) is 3. The molecule has 0 saturated heterocycles. The number of anilines is 4. The van der Waals surface area contributed by atoms with Crippen molar-refractivity contribution in [2.75, 3.05) is 23.1 Å². The van der Waals surface area contributed by atoms with Gasteiger partial charge in [-0.15, -0.1) is 0 Å². The van der Waals surface area contributed by atoms with Gasteiger partial charge in [0.2, 0.25) is 5.91 Å². The van der Waals surface area contributed by atoms with Crippen molar-refractivity contribution in [2.45, 2.75) is 6.92 Å². The summed E-state index contributed by atoms with van der Waals surface area (Å²) >= 11 is 0. The minimum Gasteiger partial charge on any atom is -0.497 e. The average molecular weight is 376 g/mol. The summed E-state index contributed by atoms with van der Waals surface area (Å²) in [6, 6.07) is 17.8. The number of hydrogen-bond acceptors (Lipinski definition) is 5. The third kappa shape index (κ3) is 5.07. The maximum Gasteiger partial charge on any atom is 0.274 e. The van der Waals surface area contributed by atoms with Crippen molar-refractivity contribution in [1.82, 2.24) is 4.98 Å². The van der Waals surface area contributed by atoms with Crippen molar-refractivity contribution in [3.63, 3.8) is 0 Å². The predicted molar refractivity (Wildman–Crippen MR) is 109 cm³/mol. The van der Waals surface area contributed by atoms with Crippen LogP contribution in [0.5, 0.6) is 5.75 Å². The fourth-order valence-electron chi connectivity index (χ4n) is 2.54. The van der Waals surface area contributed by atoms with Crippen LogP contribution in [0.4, 0.5) is 22.7 Å². The second-order valence-corrected chi connectivity index (χ2v) is 6.00. The molecule has 0 aliphatic carbocycles. The van der Waals surface area contributed by atoms with Gasteiger partial charge in [-0.05, 0) is 48.5 Å². The van der Waals surface area contributed by atoms with E-state index in [1.165, 1.54) is 6.92 Å². The summed E-state index contributed by atoms with van der Waals surface area (Å²) in [5, 5.41) is 8.68. The number of aromatic nitrogens is 1. The molecule has 0 fully saturated rings. The highest BCUT2D eigenvalue weighted by atomic mass is 16.5. The molecular formula is C21H20N4O3. The van der Waals surface area contributed by atoms with E-state index in [9.17, 15) is 9.59 Å². The predicted octanol–water partition coefficient (Wildman–Crippen LogP) is 4.04. The van der Waals surface area contributed by atoms with Crippen molar-refractivity contribution in [1.29, 1.82) is 0 Å². The van der Waals surface area contributed by atoms with Crippen LogP contribution in [0.1, 0.15) is 17.4 Å². The van der Waals surface area contributed by atoms with Crippen LogP contribution in [-0.2, 0) is 4.79 Å². The standard InChI is InChI=1S/C21H20N4O3/c1-14(26)23-15-6-8-16(9-7-15)25-21(27)20-13-18(10-11-22-20)24-17-4-3-5-19(12-17)28-2/h3-13H,1-2H3,(H,22,24)(H,23,26)(H,25,27). The van der Waals surface area contributed by atoms with E-state index < -0.39 is 0 Å². The van der Waals surface area contributed by atoms with Gasteiger partial charge >= 0.3 is 0 Å². The summed E-state index contributed by atoms with van der Waals surface area (Å²) in [5.74, 6) is 0.252. The molecule has 3 N–H and O–H groups in total. The van der Waals surface area contributed by atoms with Crippen LogP contribution < -0.4 is 20.7 Å². The van der Waals surface area contributed by atoms with Gasteiger partial charge in [-0.25, -0.2) is 0 Å². The molecule has 0 radical (unpaired) electrons. The Balaban J connectivity index is 1.68. The Morgan fingerprint density at radius 3 is 2.21 bits per heavy atom. The first-order valence-corrected chi connectivity index (χ1v) is 8.59. The summed E-state index contributed by atoms with van der Waals surface area (Å²) < 4.78 is 5.21. The van der Waals surface area contributed by atoms with Gasteiger partial charge in [-0.3, -0.25) is 14.6 Å². The minimum atomic E-state index is -0.332. The smallest absolute Gasteiger partial charge is 0.274 e. The SMILES string of the molecule is COc1cccc(Nc2ccnc(C(=O)Nc3ccc(NC(C)=O)cc3)c2)c1. The van der Waals surface area contributed by atoms with Crippen molar-refractivity contribution in [2.24, 2.45) is 0 Å². The molecule has 3 rings (SSSR count). The molecule has 142 valence electrons. The molecule has 1 aromatic heterocycles. The summed E-state index contributed by atoms with van der Waals surface area (Å²) in [6.45, 7) is 1.44. The van der Waals surface area contributed by atoms with Crippen LogP contribution in [0.15, 0.2) is 66.9 Å². The van der Waals surface area contributed by atoms with Gasteiger partial charge in [0.25, 0.3) is 5.91 Å². The molecule has 2 amide bonds. The van der Waals surface area contributed by atoms with Crippen molar-refractivity contribution < 1.29 is 14.3 Å². The topological polar surface area (TPSA) is 92.3 Å². The zero-order valence-electron chi connectivity index (χ0n) is 15.5. The third-order valence-electron chi connectivity index (χ3n) is 3.81. The first-order valence-electron chi connectivity index (χ1n) is 8.59. The molecule has 0 spiro atoms. The molecule has 2 aromatic carbocycles. The molecule has 0 atom stereocenters. The van der Waals surface area contributed by atoms with E-state index in [1.54, 1.807) is 49.7 Å². The number of carbonyl (C=O) groups is 2. The van der Waals surface area contributed by atoms with Crippen LogP contribution in [0.3, 0.4) is 0 Å². The van der Waals surface area contributed by atoms with Crippen molar-refractivity contribution in [3.05, 3.63) is 72.6 Å². The van der Waals surface area contributed by atoms with Crippen LogP contribution in [0.2, 0.25) is 0 Å². The normalized spacial score (nSPS) is 10.1. The molecule has 7 heteroatoms. The fraction of sp³-hybridized carbons (Fsp3) is 0.0952. The van der Waals surface area contributed by atoms with E-state index in [4.69, 9.17) is 4.74 Å². The Morgan fingerprint density at radius 2 is 1.54 bits per heavy atom. The molecule has 28 heavy (non-hydrogen) atoms. The molecule has 0 aliphatic rings. The summed E-state index contributed by atoms with van der Waals surface area (Å²) in [5.41, 5.74) is 3.11. The van der Waals surface area contributed by atoms with E-state index in [2.05, 4.69) is 20.9 Å². The lowest BCUT2D eigenvalue weighted by atomic mass is 10.2. The Bertz CT molecular complexity index is 987. The zero-order chi connectivity index (χ0) is 19.9. The Labute approximate surface area is 162 Å². The maximum atomic E-state index is 12.5. The molecule has 0 saturated carbocycles. The Hall–Kier alpha value is -3.87. The number of methoxy groups -OCH3 is 1. The molecule has 0 aliphatic heterocycles. The van der Waals surface area contributed by atoms with Crippen LogP contribution in [0.25, 0.3) is 0 Å². The van der Waals surface area contributed by atoms with E-state index in [-0.39, 0.29) is 17.5 Å². The second kappa shape index (κ2) is 8.68. The monoisotopic (exact) mass is 376 g/mol. The van der Waals surface area contributed by atoms with Gasteiger partial charge in [-0.1, -0.05) is 6.07 Å². The number of nitrogens with zero attached hydrogens (tertiary/aromatic N) is 1. The van der Waals surface area contributed by atoms with Crippen LogP contribution in [0, 0.1) is 0 Å². The van der Waals surface area contributed by atoms with Crippen molar-refractivity contribution >= 4 is 34.6 Å². The lowest BCUT2D eigenvalue weighted by Gasteiger charge is -2.10. The van der Waals surface area contributed by atoms with Gasteiger partial charge in [0.1, 0.15) is 11.4 Å². The first-order chi connectivity index (χ1) is 13.5. The van der Waals surface area contributed by atoms with Gasteiger partial charge in [0, 0.05) is 41.9 Å². The first kappa shape index (κ1) is 18.9. The van der Waals surface area contributed by atoms with Gasteiger partial charge in [0.15, 0.2) is 0 Å². The Morgan fingerprint density at radius 1 is 0.857 bits per heavy atom. The van der Waals surface area contributed by atoms with E-state index in [1.807, 2.05) is 24.3 Å². The highest BCUT2D eigenvalue weighted by Gasteiger charge is 2.09. The molecule has 3 aromatic rings. The number of pyridine rings is 1. The van der Waals surface area contributed by atoms with Gasteiger partial charge < -0.3 is 20.7 Å². The van der Waals surface area contributed by atoms with Gasteiger partial charge in [0.05, 0.1) is 7.11 Å². The molecule has 1 heterocycles. The lowest BCUT2D eigenvalue weighted by Crippen LogP contribution is -2.14. The zero-order valence-corrected chi connectivity index (χ0v) is 15.5. The number of amides is 2. The highest BCUT2D eigenvalue weighted by Crippen LogP contribution is 2.22. The summed E-state index contributed by atoms with van der Waals surface area (Å²) in [7, 11) is 1.61. The van der Waals surface area contributed by atoms with Crippen LogP contribution >= 0.6 is 0 Å². The highest BCUT2D eigenvalue weighted by molar-refractivity contribution is 6.03. The molecule has 0 unspecified atom stereocenters. The number of rotatable bonds is 6. The lowest BCUT2D eigenvalue weighted by molar-refractivity contribution is -0.114. The van der Waals surface area contributed by atoms with E-state index >= 15 is 0 Å². The minimum absolute atomic E-state index is 0.152. The van der Waals surface area contributed by atoms with Gasteiger partial charge in [-0.2, -0.15) is 0 Å². The Kier molecular flexibility index (Phi) is 5.86. The van der Waals surface area contributed by atoms with E-state index in [0.29, 0.717) is 11.4 Å². The molecule has 0 bridgehead atoms. The number of ether oxygens (including phenoxy) is 1. The third-order valence-corrected chi connectivity index (χ3v) is 3.81. The quantitative estimate of drug-likeness (QED) is 0.604. The molecule has 7 nitrogen and oxygen atoms in total. The van der Waals surface area contributed by atoms with Crippen molar-refractivity contribution in [3.8, 4) is 5.75 Å². The fourth-order valence-corrected chi connectivity index (χ4v) is 2.54. The van der Waals surface area contributed by atoms with Crippen LogP contribution in [-0.4, -0.2) is 23.9 Å². The number of hydrogen-bond donors (Lipinski definition) is 3.